The Morgan fingerprint density at radius 3 is 2.84 bits per heavy atom. The van der Waals surface area contributed by atoms with Gasteiger partial charge in [-0.25, -0.2) is 0 Å². The maximum absolute atomic E-state index is 4.16. The van der Waals surface area contributed by atoms with Gasteiger partial charge in [0.25, 0.3) is 0 Å². The summed E-state index contributed by atoms with van der Waals surface area (Å²) in [5.74, 6) is 0.688. The number of benzene rings is 2. The number of anilines is 1. The molecule has 96 valence electrons. The van der Waals surface area contributed by atoms with Gasteiger partial charge in [0.1, 0.15) is 0 Å². The molecule has 0 atom stereocenters. The van der Waals surface area contributed by atoms with Crippen LogP contribution in [0.4, 0.5) is 5.69 Å². The van der Waals surface area contributed by atoms with Crippen LogP contribution in [-0.2, 0) is 13.6 Å². The van der Waals surface area contributed by atoms with Crippen molar-refractivity contribution in [3.05, 3.63) is 47.8 Å². The van der Waals surface area contributed by atoms with E-state index < -0.39 is 0 Å². The lowest BCUT2D eigenvalue weighted by atomic mass is 10.1. The monoisotopic (exact) mass is 253 g/mol. The minimum Gasteiger partial charge on any atom is -0.377 e. The third-order valence-corrected chi connectivity index (χ3v) is 2.99. The maximum atomic E-state index is 4.16. The highest BCUT2D eigenvalue weighted by molar-refractivity contribution is 5.94. The largest absolute Gasteiger partial charge is 0.377 e. The van der Waals surface area contributed by atoms with Crippen LogP contribution in [0.15, 0.2) is 36.4 Å². The molecule has 0 radical (unpaired) electrons. The first-order valence-corrected chi connectivity index (χ1v) is 6.18. The van der Waals surface area contributed by atoms with Crippen molar-refractivity contribution in [2.75, 3.05) is 5.32 Å². The zero-order chi connectivity index (χ0) is 13.2. The normalized spacial score (nSPS) is 10.8. The highest BCUT2D eigenvalue weighted by Crippen LogP contribution is 2.25. The first-order valence-electron chi connectivity index (χ1n) is 6.18. The molecule has 5 nitrogen and oxygen atoms in total. The number of hydrogen-bond acceptors (Lipinski definition) is 4. The summed E-state index contributed by atoms with van der Waals surface area (Å²) in [6.07, 6.45) is 0. The number of rotatable bonds is 3. The van der Waals surface area contributed by atoms with Crippen molar-refractivity contribution in [2.45, 2.75) is 13.5 Å². The van der Waals surface area contributed by atoms with E-state index in [1.165, 1.54) is 21.1 Å². The molecule has 0 aliphatic rings. The second-order valence-electron chi connectivity index (χ2n) is 4.58. The number of nitrogens with zero attached hydrogens (tertiary/aromatic N) is 4. The number of fused-ring (bicyclic) bond motifs is 1. The molecule has 2 aromatic carbocycles. The summed E-state index contributed by atoms with van der Waals surface area (Å²) in [6, 6.07) is 12.6. The molecule has 1 heterocycles. The number of hydrogen-bond donors (Lipinski definition) is 1. The summed E-state index contributed by atoms with van der Waals surface area (Å²) in [7, 11) is 1.76. The van der Waals surface area contributed by atoms with Crippen LogP contribution in [0.3, 0.4) is 0 Å². The van der Waals surface area contributed by atoms with Gasteiger partial charge in [-0.3, -0.25) is 0 Å². The molecular weight excluding hydrogens is 238 g/mol. The van der Waals surface area contributed by atoms with E-state index in [4.69, 9.17) is 0 Å². The van der Waals surface area contributed by atoms with Crippen LogP contribution < -0.4 is 5.32 Å². The van der Waals surface area contributed by atoms with Crippen LogP contribution in [0.1, 0.15) is 11.4 Å². The molecule has 0 saturated heterocycles. The van der Waals surface area contributed by atoms with Crippen LogP contribution >= 0.6 is 0 Å². The molecule has 0 saturated carbocycles. The molecule has 3 rings (SSSR count). The molecule has 1 aromatic heterocycles. The predicted octanol–water partition coefficient (Wildman–Crippen LogP) is 2.28. The van der Waals surface area contributed by atoms with Crippen LogP contribution in [0.5, 0.6) is 0 Å². The Morgan fingerprint density at radius 2 is 2.05 bits per heavy atom. The van der Waals surface area contributed by atoms with E-state index in [0.717, 1.165) is 5.69 Å². The molecule has 0 aliphatic heterocycles. The van der Waals surface area contributed by atoms with Crippen molar-refractivity contribution in [1.82, 2.24) is 20.2 Å². The molecule has 5 heteroatoms. The Kier molecular flexibility index (Phi) is 2.87. The van der Waals surface area contributed by atoms with Crippen molar-refractivity contribution in [3.63, 3.8) is 0 Å². The Balaban J connectivity index is 1.91. The van der Waals surface area contributed by atoms with Gasteiger partial charge in [0, 0.05) is 11.1 Å². The minimum absolute atomic E-state index is 0.571. The fourth-order valence-corrected chi connectivity index (χ4v) is 2.18. The Morgan fingerprint density at radius 1 is 1.21 bits per heavy atom. The topological polar surface area (TPSA) is 55.6 Å². The number of aryl methyl sites for hydroxylation is 2. The summed E-state index contributed by atoms with van der Waals surface area (Å²) in [6.45, 7) is 2.67. The lowest BCUT2D eigenvalue weighted by molar-refractivity contribution is 0.628. The quantitative estimate of drug-likeness (QED) is 0.778. The first-order chi connectivity index (χ1) is 9.22. The third kappa shape index (κ3) is 2.40. The Labute approximate surface area is 111 Å². The van der Waals surface area contributed by atoms with Gasteiger partial charge in [-0.15, -0.1) is 10.2 Å². The van der Waals surface area contributed by atoms with Crippen LogP contribution in [0.2, 0.25) is 0 Å². The Bertz CT molecular complexity index is 717. The molecule has 0 aliphatic carbocycles. The number of aromatic nitrogens is 4. The van der Waals surface area contributed by atoms with Gasteiger partial charge in [0.05, 0.1) is 13.6 Å². The van der Waals surface area contributed by atoms with Gasteiger partial charge in [0.2, 0.25) is 0 Å². The highest BCUT2D eigenvalue weighted by Gasteiger charge is 2.04. The molecule has 19 heavy (non-hydrogen) atoms. The van der Waals surface area contributed by atoms with E-state index in [9.17, 15) is 0 Å². The SMILES string of the molecule is Cc1cc(NCc2nnn(C)n2)c2ccccc2c1. The molecule has 0 spiro atoms. The van der Waals surface area contributed by atoms with Gasteiger partial charge < -0.3 is 5.32 Å². The van der Waals surface area contributed by atoms with Gasteiger partial charge in [0.15, 0.2) is 5.82 Å². The van der Waals surface area contributed by atoms with Gasteiger partial charge in [-0.2, -0.15) is 4.80 Å². The second kappa shape index (κ2) is 4.68. The molecule has 0 unspecified atom stereocenters. The number of nitrogens with one attached hydrogen (secondary N) is 1. The minimum atomic E-state index is 0.571. The first kappa shape index (κ1) is 11.6. The average molecular weight is 253 g/mol. The maximum Gasteiger partial charge on any atom is 0.193 e. The van der Waals surface area contributed by atoms with E-state index in [1.54, 1.807) is 7.05 Å². The molecule has 0 fully saturated rings. The second-order valence-corrected chi connectivity index (χ2v) is 4.58. The van der Waals surface area contributed by atoms with E-state index in [1.807, 2.05) is 6.07 Å². The van der Waals surface area contributed by atoms with E-state index in [0.29, 0.717) is 12.4 Å². The lowest BCUT2D eigenvalue weighted by Gasteiger charge is -2.09. The van der Waals surface area contributed by atoms with Crippen molar-refractivity contribution in [1.29, 1.82) is 0 Å². The Hall–Kier alpha value is -2.43. The van der Waals surface area contributed by atoms with E-state index in [-0.39, 0.29) is 0 Å². The van der Waals surface area contributed by atoms with Gasteiger partial charge >= 0.3 is 0 Å². The highest BCUT2D eigenvalue weighted by atomic mass is 15.6. The standard InChI is InChI=1S/C14H15N5/c1-10-7-11-5-3-4-6-12(11)13(8-10)15-9-14-16-18-19(2)17-14/h3-8,15H,9H2,1-2H3. The van der Waals surface area contributed by atoms with Crippen LogP contribution in [0, 0.1) is 6.92 Å². The zero-order valence-corrected chi connectivity index (χ0v) is 11.0. The molecule has 1 N–H and O–H groups in total. The molecule has 0 bridgehead atoms. The summed E-state index contributed by atoms with van der Waals surface area (Å²) in [5.41, 5.74) is 2.33. The molecule has 3 aromatic rings. The van der Waals surface area contributed by atoms with Crippen LogP contribution in [-0.4, -0.2) is 20.2 Å². The smallest absolute Gasteiger partial charge is 0.193 e. The van der Waals surface area contributed by atoms with Gasteiger partial charge in [-0.1, -0.05) is 30.3 Å². The fourth-order valence-electron chi connectivity index (χ4n) is 2.18. The van der Waals surface area contributed by atoms with Crippen LogP contribution in [0.25, 0.3) is 10.8 Å². The van der Waals surface area contributed by atoms with Crippen molar-refractivity contribution in [3.8, 4) is 0 Å². The fraction of sp³-hybridized carbons (Fsp3) is 0.214. The van der Waals surface area contributed by atoms with E-state index in [2.05, 4.69) is 58.0 Å². The summed E-state index contributed by atoms with van der Waals surface area (Å²) < 4.78 is 0. The average Bonchev–Trinajstić information content (AvgIpc) is 2.81. The summed E-state index contributed by atoms with van der Waals surface area (Å²) in [4.78, 5) is 1.46. The zero-order valence-electron chi connectivity index (χ0n) is 11.0. The molecule has 0 amide bonds. The predicted molar refractivity (Wildman–Crippen MR) is 74.8 cm³/mol. The van der Waals surface area contributed by atoms with Gasteiger partial charge in [-0.05, 0) is 29.2 Å². The lowest BCUT2D eigenvalue weighted by Crippen LogP contribution is -2.03. The molecular formula is C14H15N5. The summed E-state index contributed by atoms with van der Waals surface area (Å²) in [5, 5.41) is 17.8. The van der Waals surface area contributed by atoms with E-state index >= 15 is 0 Å². The summed E-state index contributed by atoms with van der Waals surface area (Å²) >= 11 is 0. The van der Waals surface area contributed by atoms with Crippen molar-refractivity contribution < 1.29 is 0 Å². The van der Waals surface area contributed by atoms with Crippen molar-refractivity contribution >= 4 is 16.5 Å². The third-order valence-electron chi connectivity index (χ3n) is 2.99. The van der Waals surface area contributed by atoms with Crippen molar-refractivity contribution in [2.24, 2.45) is 7.05 Å². The number of tetrazole rings is 1.